The number of aldehydes is 1. The van der Waals surface area contributed by atoms with Crippen molar-refractivity contribution >= 4 is 35.5 Å². The first-order valence-electron chi connectivity index (χ1n) is 11.4. The highest BCUT2D eigenvalue weighted by molar-refractivity contribution is 6.35. The lowest BCUT2D eigenvalue weighted by Gasteiger charge is -2.20. The molecule has 196 valence electrons. The molecule has 9 heteroatoms. The van der Waals surface area contributed by atoms with Crippen LogP contribution in [0.2, 0.25) is 10.0 Å². The van der Waals surface area contributed by atoms with Crippen LogP contribution in [0, 0.1) is 0 Å². The maximum absolute atomic E-state index is 13.2. The fourth-order valence-corrected chi connectivity index (χ4v) is 4.42. The maximum atomic E-state index is 13.2. The highest BCUT2D eigenvalue weighted by Crippen LogP contribution is 2.35. The van der Waals surface area contributed by atoms with Crippen molar-refractivity contribution in [1.82, 2.24) is 0 Å². The van der Waals surface area contributed by atoms with Gasteiger partial charge in [0.15, 0.2) is 23.9 Å². The Kier molecular flexibility index (Phi) is 9.85. The Morgan fingerprint density at radius 2 is 1.45 bits per heavy atom. The van der Waals surface area contributed by atoms with E-state index in [4.69, 9.17) is 37.4 Å². The summed E-state index contributed by atoms with van der Waals surface area (Å²) in [5.74, 6) is 0.556. The third-order valence-corrected chi connectivity index (χ3v) is 6.59. The fourth-order valence-electron chi connectivity index (χ4n) is 3.89. The Morgan fingerprint density at radius 3 is 2.00 bits per heavy atom. The number of halogens is 2. The van der Waals surface area contributed by atoms with Crippen LogP contribution in [-0.4, -0.2) is 32.0 Å². The zero-order valence-electron chi connectivity index (χ0n) is 20.6. The Labute approximate surface area is 230 Å². The second-order valence-electron chi connectivity index (χ2n) is 8.16. The average molecular weight is 554 g/mol. The summed E-state index contributed by atoms with van der Waals surface area (Å²) in [7, 11) is 3.09. The van der Waals surface area contributed by atoms with Crippen molar-refractivity contribution in [2.45, 2.75) is 12.5 Å². The molecule has 1 aromatic heterocycles. The molecule has 7 nitrogen and oxygen atoms in total. The van der Waals surface area contributed by atoms with E-state index in [0.717, 1.165) is 17.4 Å². The van der Waals surface area contributed by atoms with Gasteiger partial charge in [0, 0.05) is 17.5 Å². The standard InChI is InChI=1S/C29H23Cl2NO5.H2O/c1-35-26-12-11-22(13-28(26)36-2)27(14-23-24(30)15-32-16-25(23)31)37-29(34)21-9-7-20(8-10-21)19-5-3-18(17-33)4-6-19;/h3-13,15-17,27H,14H2,1-2H3;1H2/t27-;/m0./s1. The first kappa shape index (κ1) is 28.7. The number of aromatic amines is 1. The van der Waals surface area contributed by atoms with Crippen molar-refractivity contribution in [3.8, 4) is 22.6 Å². The lowest BCUT2D eigenvalue weighted by molar-refractivity contribution is -0.377. The number of pyridine rings is 1. The smallest absolute Gasteiger partial charge is 0.338 e. The molecule has 0 amide bonds. The van der Waals surface area contributed by atoms with Crippen LogP contribution in [0.1, 0.15) is 37.9 Å². The van der Waals surface area contributed by atoms with Gasteiger partial charge < -0.3 is 19.7 Å². The molecule has 1 atom stereocenters. The quantitative estimate of drug-likeness (QED) is 0.178. The Bertz CT molecular complexity index is 1390. The Balaban J connectivity index is 0.00000400. The van der Waals surface area contributed by atoms with E-state index in [9.17, 15) is 9.59 Å². The number of rotatable bonds is 9. The minimum absolute atomic E-state index is 0. The third-order valence-electron chi connectivity index (χ3n) is 5.92. The second kappa shape index (κ2) is 13.1. The SMILES string of the molecule is COc1ccc([C@H](Cc2c(Cl)c[nH+]cc2Cl)OC(=O)c2ccc(-c3ccc(C=O)cc3)cc2)cc1OC.[OH-]. The van der Waals surface area contributed by atoms with Gasteiger partial charge in [0.2, 0.25) is 0 Å². The fraction of sp³-hybridized carbons (Fsp3) is 0.138. The molecule has 0 saturated carbocycles. The van der Waals surface area contributed by atoms with Gasteiger partial charge in [0.1, 0.15) is 22.4 Å². The highest BCUT2D eigenvalue weighted by Gasteiger charge is 2.24. The van der Waals surface area contributed by atoms with Gasteiger partial charge in [0.25, 0.3) is 0 Å². The lowest BCUT2D eigenvalue weighted by Crippen LogP contribution is -2.15. The largest absolute Gasteiger partial charge is 0.870 e. The van der Waals surface area contributed by atoms with Gasteiger partial charge in [-0.1, -0.05) is 65.7 Å². The van der Waals surface area contributed by atoms with Crippen molar-refractivity contribution in [3.05, 3.63) is 111 Å². The molecule has 38 heavy (non-hydrogen) atoms. The van der Waals surface area contributed by atoms with Crippen molar-refractivity contribution in [3.63, 3.8) is 0 Å². The van der Waals surface area contributed by atoms with E-state index < -0.39 is 12.1 Å². The maximum Gasteiger partial charge on any atom is 0.338 e. The monoisotopic (exact) mass is 553 g/mol. The molecule has 0 radical (unpaired) electrons. The molecule has 2 N–H and O–H groups in total. The van der Waals surface area contributed by atoms with E-state index >= 15 is 0 Å². The molecule has 0 aliphatic carbocycles. The number of esters is 1. The number of methoxy groups -OCH3 is 2. The van der Waals surface area contributed by atoms with Crippen molar-refractivity contribution in [1.29, 1.82) is 0 Å². The number of nitrogens with one attached hydrogen (secondary N) is 1. The Hall–Kier alpha value is -3.91. The number of carbonyl (C=O) groups is 2. The van der Waals surface area contributed by atoms with Crippen LogP contribution in [0.5, 0.6) is 11.5 Å². The van der Waals surface area contributed by atoms with Gasteiger partial charge >= 0.3 is 5.97 Å². The summed E-state index contributed by atoms with van der Waals surface area (Å²) in [4.78, 5) is 27.0. The first-order valence-corrected chi connectivity index (χ1v) is 12.1. The van der Waals surface area contributed by atoms with Crippen LogP contribution in [-0.2, 0) is 11.2 Å². The minimum atomic E-state index is -0.708. The summed E-state index contributed by atoms with van der Waals surface area (Å²) in [6.45, 7) is 0. The van der Waals surface area contributed by atoms with E-state index in [0.29, 0.717) is 43.8 Å². The molecule has 4 rings (SSSR count). The van der Waals surface area contributed by atoms with Gasteiger partial charge in [-0.3, -0.25) is 4.79 Å². The summed E-state index contributed by atoms with van der Waals surface area (Å²) in [5, 5.41) is 0.859. The normalized spacial score (nSPS) is 11.2. The number of hydrogen-bond acceptors (Lipinski definition) is 6. The van der Waals surface area contributed by atoms with Crippen LogP contribution in [0.25, 0.3) is 11.1 Å². The summed E-state index contributed by atoms with van der Waals surface area (Å²) in [5.41, 5.74) is 4.16. The molecule has 0 bridgehead atoms. The molecule has 3 aromatic carbocycles. The van der Waals surface area contributed by atoms with E-state index in [1.165, 1.54) is 7.11 Å². The van der Waals surface area contributed by atoms with Gasteiger partial charge in [-0.05, 0) is 41.0 Å². The molecule has 0 aliphatic heterocycles. The predicted octanol–water partition coefficient (Wildman–Crippen LogP) is 6.27. The summed E-state index contributed by atoms with van der Waals surface area (Å²) in [6, 6.07) is 19.6. The molecular formula is C29H25Cl2NO6. The molecule has 0 spiro atoms. The van der Waals surface area contributed by atoms with Crippen molar-refractivity contribution in [2.24, 2.45) is 0 Å². The van der Waals surface area contributed by atoms with Gasteiger partial charge in [0.05, 0.1) is 19.8 Å². The minimum Gasteiger partial charge on any atom is -0.870 e. The number of hydrogen-bond donors (Lipinski definition) is 0. The predicted molar refractivity (Wildman–Crippen MR) is 144 cm³/mol. The number of ether oxygens (including phenoxy) is 3. The topological polar surface area (TPSA) is 106 Å². The molecular weight excluding hydrogens is 529 g/mol. The van der Waals surface area contributed by atoms with E-state index in [-0.39, 0.29) is 11.9 Å². The molecule has 1 heterocycles. The highest BCUT2D eigenvalue weighted by atomic mass is 35.5. The Morgan fingerprint density at radius 1 is 0.868 bits per heavy atom. The van der Waals surface area contributed by atoms with E-state index in [1.54, 1.807) is 55.9 Å². The average Bonchev–Trinajstić information content (AvgIpc) is 2.94. The third kappa shape index (κ3) is 6.50. The van der Waals surface area contributed by atoms with Gasteiger partial charge in [-0.25, -0.2) is 9.78 Å². The van der Waals surface area contributed by atoms with E-state index in [2.05, 4.69) is 4.98 Å². The van der Waals surface area contributed by atoms with Crippen LogP contribution in [0.4, 0.5) is 0 Å². The summed E-state index contributed by atoms with van der Waals surface area (Å²) in [6.07, 6.45) is 3.58. The van der Waals surface area contributed by atoms with Crippen LogP contribution >= 0.6 is 23.2 Å². The molecule has 0 saturated heterocycles. The molecule has 4 aromatic rings. The van der Waals surface area contributed by atoms with Crippen LogP contribution in [0.15, 0.2) is 79.1 Å². The van der Waals surface area contributed by atoms with Crippen LogP contribution in [0.3, 0.4) is 0 Å². The van der Waals surface area contributed by atoms with Crippen molar-refractivity contribution < 1.29 is 34.3 Å². The summed E-state index contributed by atoms with van der Waals surface area (Å²) >= 11 is 12.8. The number of carbonyl (C=O) groups excluding carboxylic acids is 2. The second-order valence-corrected chi connectivity index (χ2v) is 8.97. The van der Waals surface area contributed by atoms with Gasteiger partial charge in [-0.2, -0.15) is 0 Å². The number of benzene rings is 3. The molecule has 0 unspecified atom stereocenters. The summed E-state index contributed by atoms with van der Waals surface area (Å²) < 4.78 is 16.8. The van der Waals surface area contributed by atoms with Crippen LogP contribution < -0.4 is 14.5 Å². The zero-order chi connectivity index (χ0) is 26.4. The first-order chi connectivity index (χ1) is 17.9. The van der Waals surface area contributed by atoms with Gasteiger partial charge in [-0.15, -0.1) is 0 Å². The number of aromatic nitrogens is 1. The lowest BCUT2D eigenvalue weighted by atomic mass is 10.0. The number of H-pyrrole nitrogens is 1. The van der Waals surface area contributed by atoms with Crippen molar-refractivity contribution in [2.75, 3.05) is 14.2 Å². The van der Waals surface area contributed by atoms with E-state index in [1.807, 2.05) is 30.3 Å². The zero-order valence-corrected chi connectivity index (χ0v) is 22.1. The molecule has 0 fully saturated rings. The molecule has 0 aliphatic rings.